The molecule has 7 heteroatoms. The third kappa shape index (κ3) is 4.30. The van der Waals surface area contributed by atoms with Crippen LogP contribution < -0.4 is 10.1 Å². The summed E-state index contributed by atoms with van der Waals surface area (Å²) in [7, 11) is 0. The third-order valence-electron chi connectivity index (χ3n) is 4.06. The highest BCUT2D eigenvalue weighted by Crippen LogP contribution is 2.29. The molecule has 1 aliphatic rings. The SMILES string of the molecule is O=C(Nc1cccc2c1CC(O)CC2)c1ccc(OC(F)(F)F)cc1. The smallest absolute Gasteiger partial charge is 0.406 e. The van der Waals surface area contributed by atoms with Gasteiger partial charge in [0.1, 0.15) is 5.75 Å². The number of rotatable bonds is 3. The minimum absolute atomic E-state index is 0.212. The van der Waals surface area contributed by atoms with Crippen molar-refractivity contribution < 1.29 is 27.8 Å². The van der Waals surface area contributed by atoms with E-state index in [4.69, 9.17) is 0 Å². The first-order chi connectivity index (χ1) is 11.8. The molecule has 2 aromatic carbocycles. The van der Waals surface area contributed by atoms with Gasteiger partial charge < -0.3 is 15.2 Å². The van der Waals surface area contributed by atoms with Crippen LogP contribution in [0, 0.1) is 0 Å². The molecule has 0 spiro atoms. The molecule has 132 valence electrons. The Bertz CT molecular complexity index is 772. The van der Waals surface area contributed by atoms with Gasteiger partial charge in [0.05, 0.1) is 6.10 Å². The van der Waals surface area contributed by atoms with Gasteiger partial charge in [0.15, 0.2) is 0 Å². The van der Waals surface area contributed by atoms with E-state index in [0.29, 0.717) is 18.5 Å². The fraction of sp³-hybridized carbons (Fsp3) is 0.278. The average molecular weight is 351 g/mol. The van der Waals surface area contributed by atoms with E-state index in [0.717, 1.165) is 29.7 Å². The number of hydrogen-bond donors (Lipinski definition) is 2. The maximum absolute atomic E-state index is 12.3. The normalized spacial score (nSPS) is 16.9. The van der Waals surface area contributed by atoms with Crippen molar-refractivity contribution in [3.05, 3.63) is 59.2 Å². The number of halogens is 3. The second kappa shape index (κ2) is 6.76. The molecule has 0 saturated carbocycles. The van der Waals surface area contributed by atoms with E-state index in [1.165, 1.54) is 12.1 Å². The zero-order valence-corrected chi connectivity index (χ0v) is 13.1. The number of benzene rings is 2. The minimum Gasteiger partial charge on any atom is -0.406 e. The molecule has 0 radical (unpaired) electrons. The average Bonchev–Trinajstić information content (AvgIpc) is 2.54. The van der Waals surface area contributed by atoms with E-state index < -0.39 is 18.4 Å². The molecule has 2 N–H and O–H groups in total. The zero-order valence-electron chi connectivity index (χ0n) is 13.1. The molecule has 0 saturated heterocycles. The number of carbonyl (C=O) groups is 1. The van der Waals surface area contributed by atoms with Crippen LogP contribution in [0.3, 0.4) is 0 Å². The van der Waals surface area contributed by atoms with Gasteiger partial charge in [-0.3, -0.25) is 4.79 Å². The van der Waals surface area contributed by atoms with Crippen molar-refractivity contribution in [3.63, 3.8) is 0 Å². The van der Waals surface area contributed by atoms with Crippen molar-refractivity contribution in [2.45, 2.75) is 31.7 Å². The summed E-state index contributed by atoms with van der Waals surface area (Å²) in [5.41, 5.74) is 2.80. The molecular weight excluding hydrogens is 335 g/mol. The molecule has 3 rings (SSSR count). The Morgan fingerprint density at radius 3 is 2.56 bits per heavy atom. The second-order valence-electron chi connectivity index (χ2n) is 5.87. The first-order valence-electron chi connectivity index (χ1n) is 7.78. The molecule has 4 nitrogen and oxygen atoms in total. The first-order valence-corrected chi connectivity index (χ1v) is 7.78. The molecule has 1 unspecified atom stereocenters. The highest BCUT2D eigenvalue weighted by molar-refractivity contribution is 6.04. The highest BCUT2D eigenvalue weighted by Gasteiger charge is 2.31. The van der Waals surface area contributed by atoms with E-state index in [-0.39, 0.29) is 11.3 Å². The molecule has 1 aliphatic carbocycles. The van der Waals surface area contributed by atoms with Crippen LogP contribution >= 0.6 is 0 Å². The van der Waals surface area contributed by atoms with Crippen molar-refractivity contribution in [1.82, 2.24) is 0 Å². The van der Waals surface area contributed by atoms with Gasteiger partial charge in [0.25, 0.3) is 5.91 Å². The van der Waals surface area contributed by atoms with Crippen LogP contribution in [-0.2, 0) is 12.8 Å². The lowest BCUT2D eigenvalue weighted by Gasteiger charge is -2.23. The number of fused-ring (bicyclic) bond motifs is 1. The Labute approximate surface area is 142 Å². The topological polar surface area (TPSA) is 58.6 Å². The third-order valence-corrected chi connectivity index (χ3v) is 4.06. The van der Waals surface area contributed by atoms with Crippen LogP contribution in [-0.4, -0.2) is 23.5 Å². The van der Waals surface area contributed by atoms with E-state index >= 15 is 0 Å². The van der Waals surface area contributed by atoms with Crippen LogP contribution in [0.4, 0.5) is 18.9 Å². The molecule has 2 aromatic rings. The lowest BCUT2D eigenvalue weighted by molar-refractivity contribution is -0.274. The Hall–Kier alpha value is -2.54. The number of aliphatic hydroxyl groups excluding tert-OH is 1. The first kappa shape index (κ1) is 17.3. The van der Waals surface area contributed by atoms with Crippen molar-refractivity contribution in [2.75, 3.05) is 5.32 Å². The number of nitrogens with one attached hydrogen (secondary N) is 1. The lowest BCUT2D eigenvalue weighted by Crippen LogP contribution is -2.22. The van der Waals surface area contributed by atoms with Gasteiger partial charge in [0.2, 0.25) is 0 Å². The van der Waals surface area contributed by atoms with Crippen LogP contribution in [0.15, 0.2) is 42.5 Å². The Morgan fingerprint density at radius 2 is 1.88 bits per heavy atom. The van der Waals surface area contributed by atoms with E-state index in [1.54, 1.807) is 6.07 Å². The molecule has 1 atom stereocenters. The Balaban J connectivity index is 1.75. The molecule has 25 heavy (non-hydrogen) atoms. The van der Waals surface area contributed by atoms with Crippen molar-refractivity contribution in [1.29, 1.82) is 0 Å². The Morgan fingerprint density at radius 1 is 1.16 bits per heavy atom. The Kier molecular flexibility index (Phi) is 4.67. The molecular formula is C18H16F3NO3. The highest BCUT2D eigenvalue weighted by atomic mass is 19.4. The number of aliphatic hydroxyl groups is 1. The van der Waals surface area contributed by atoms with Gasteiger partial charge in [-0.05, 0) is 54.3 Å². The minimum atomic E-state index is -4.77. The summed E-state index contributed by atoms with van der Waals surface area (Å²) < 4.78 is 40.3. The van der Waals surface area contributed by atoms with Crippen LogP contribution in [0.25, 0.3) is 0 Å². The summed E-state index contributed by atoms with van der Waals surface area (Å²) >= 11 is 0. The standard InChI is InChI=1S/C18H16F3NO3/c19-18(20,21)25-14-8-5-12(6-9-14)17(24)22-16-3-1-2-11-4-7-13(23)10-15(11)16/h1-3,5-6,8-9,13,23H,4,7,10H2,(H,22,24). The molecule has 0 aromatic heterocycles. The van der Waals surface area contributed by atoms with E-state index in [9.17, 15) is 23.1 Å². The number of alkyl halides is 3. The van der Waals surface area contributed by atoms with Crippen LogP contribution in [0.2, 0.25) is 0 Å². The summed E-state index contributed by atoms with van der Waals surface area (Å²) in [4.78, 5) is 12.3. The monoisotopic (exact) mass is 351 g/mol. The predicted octanol–water partition coefficient (Wildman–Crippen LogP) is 3.69. The van der Waals surface area contributed by atoms with Crippen molar-refractivity contribution in [2.24, 2.45) is 0 Å². The second-order valence-corrected chi connectivity index (χ2v) is 5.87. The molecule has 0 fully saturated rings. The zero-order chi connectivity index (χ0) is 18.0. The van der Waals surface area contributed by atoms with E-state index in [1.807, 2.05) is 12.1 Å². The largest absolute Gasteiger partial charge is 0.573 e. The van der Waals surface area contributed by atoms with Gasteiger partial charge in [-0.15, -0.1) is 13.2 Å². The van der Waals surface area contributed by atoms with Crippen molar-refractivity contribution in [3.8, 4) is 5.75 Å². The van der Waals surface area contributed by atoms with Gasteiger partial charge in [-0.25, -0.2) is 0 Å². The number of carbonyl (C=O) groups excluding carboxylic acids is 1. The molecule has 1 amide bonds. The maximum Gasteiger partial charge on any atom is 0.573 e. The van der Waals surface area contributed by atoms with Crippen LogP contribution in [0.1, 0.15) is 27.9 Å². The van der Waals surface area contributed by atoms with Crippen molar-refractivity contribution >= 4 is 11.6 Å². The fourth-order valence-corrected chi connectivity index (χ4v) is 2.89. The summed E-state index contributed by atoms with van der Waals surface area (Å²) in [5.74, 6) is -0.823. The summed E-state index contributed by atoms with van der Waals surface area (Å²) in [5, 5.41) is 12.6. The summed E-state index contributed by atoms with van der Waals surface area (Å²) in [6, 6.07) is 10.2. The summed E-state index contributed by atoms with van der Waals surface area (Å²) in [6.45, 7) is 0. The van der Waals surface area contributed by atoms with E-state index in [2.05, 4.69) is 10.1 Å². The lowest BCUT2D eigenvalue weighted by atomic mass is 9.88. The number of aryl methyl sites for hydroxylation is 1. The van der Waals surface area contributed by atoms with Crippen LogP contribution in [0.5, 0.6) is 5.75 Å². The van der Waals surface area contributed by atoms with Gasteiger partial charge >= 0.3 is 6.36 Å². The molecule has 0 aliphatic heterocycles. The van der Waals surface area contributed by atoms with Gasteiger partial charge in [-0.1, -0.05) is 12.1 Å². The quantitative estimate of drug-likeness (QED) is 0.887. The number of amides is 1. The fourth-order valence-electron chi connectivity index (χ4n) is 2.89. The maximum atomic E-state index is 12.3. The van der Waals surface area contributed by atoms with Gasteiger partial charge in [0, 0.05) is 17.7 Å². The van der Waals surface area contributed by atoms with Gasteiger partial charge in [-0.2, -0.15) is 0 Å². The summed E-state index contributed by atoms with van der Waals surface area (Å²) in [6.07, 6.45) is -3.32. The molecule has 0 bridgehead atoms. The molecule has 0 heterocycles. The predicted molar refractivity (Wildman–Crippen MR) is 85.6 cm³/mol. The number of ether oxygens (including phenoxy) is 1. The number of hydrogen-bond acceptors (Lipinski definition) is 3. The number of anilines is 1.